The third kappa shape index (κ3) is 3.16. The number of piperidine rings is 1. The van der Waals surface area contributed by atoms with Crippen LogP contribution in [0.5, 0.6) is 11.5 Å². The molecule has 0 radical (unpaired) electrons. The molecule has 2 aromatic carbocycles. The van der Waals surface area contributed by atoms with Gasteiger partial charge in [0.1, 0.15) is 12.7 Å². The van der Waals surface area contributed by atoms with Gasteiger partial charge in [-0.15, -0.1) is 0 Å². The Morgan fingerprint density at radius 3 is 2.75 bits per heavy atom. The topological polar surface area (TPSA) is 71.1 Å². The molecule has 2 aromatic rings. The van der Waals surface area contributed by atoms with Crippen LogP contribution in [-0.2, 0) is 10.2 Å². The highest BCUT2D eigenvalue weighted by atomic mass is 32.2. The summed E-state index contributed by atoms with van der Waals surface area (Å²) in [5.41, 5.74) is 1.39. The van der Waals surface area contributed by atoms with Gasteiger partial charge in [-0.2, -0.15) is 8.42 Å². The molecule has 3 aliphatic heterocycles. The first kappa shape index (κ1) is 17.6. The molecule has 2 unspecified atom stereocenters. The Morgan fingerprint density at radius 1 is 1.07 bits per heavy atom. The van der Waals surface area contributed by atoms with Crippen molar-refractivity contribution < 1.29 is 17.9 Å². The van der Waals surface area contributed by atoms with Crippen LogP contribution in [0.4, 0.5) is 11.4 Å². The number of para-hydroxylation sites is 4. The van der Waals surface area contributed by atoms with E-state index in [1.54, 1.807) is 10.4 Å². The monoisotopic (exact) mass is 401 g/mol. The molecule has 3 aliphatic rings. The normalized spacial score (nSPS) is 25.8. The number of nitrogens with zero attached hydrogens (tertiary/aromatic N) is 2. The van der Waals surface area contributed by atoms with Gasteiger partial charge in [-0.3, -0.25) is 9.62 Å². The lowest BCUT2D eigenvalue weighted by atomic mass is 10.0. The lowest BCUT2D eigenvalue weighted by molar-refractivity contribution is 0.0511. The van der Waals surface area contributed by atoms with E-state index in [4.69, 9.17) is 9.47 Å². The fourth-order valence-corrected chi connectivity index (χ4v) is 5.82. The summed E-state index contributed by atoms with van der Waals surface area (Å²) >= 11 is 0. The third-order valence-electron chi connectivity index (χ3n) is 5.48. The first-order chi connectivity index (χ1) is 13.6. The summed E-state index contributed by atoms with van der Waals surface area (Å²) in [4.78, 5) is 2.28. The van der Waals surface area contributed by atoms with Crippen molar-refractivity contribution in [1.82, 2.24) is 4.90 Å². The van der Waals surface area contributed by atoms with Crippen LogP contribution in [0.1, 0.15) is 12.8 Å². The lowest BCUT2D eigenvalue weighted by Gasteiger charge is -2.39. The second-order valence-electron chi connectivity index (χ2n) is 7.47. The van der Waals surface area contributed by atoms with Gasteiger partial charge in [-0.05, 0) is 43.7 Å². The molecule has 5 rings (SSSR count). The summed E-state index contributed by atoms with van der Waals surface area (Å²) in [6, 6.07) is 15.0. The lowest BCUT2D eigenvalue weighted by Crippen LogP contribution is -2.52. The van der Waals surface area contributed by atoms with Crippen LogP contribution in [0.3, 0.4) is 0 Å². The SMILES string of the molecule is O=S1(=O)Nc2ccccc2N1C1CCCN(CC2COc3ccccc3O2)C1. The number of ether oxygens (including phenoxy) is 2. The van der Waals surface area contributed by atoms with Crippen LogP contribution >= 0.6 is 0 Å². The quantitative estimate of drug-likeness (QED) is 0.856. The van der Waals surface area contributed by atoms with Crippen LogP contribution in [0.2, 0.25) is 0 Å². The zero-order chi connectivity index (χ0) is 19.1. The van der Waals surface area contributed by atoms with E-state index in [9.17, 15) is 8.42 Å². The maximum absolute atomic E-state index is 12.7. The average Bonchev–Trinajstić information content (AvgIpc) is 2.97. The predicted octanol–water partition coefficient (Wildman–Crippen LogP) is 2.47. The van der Waals surface area contributed by atoms with Gasteiger partial charge in [0.05, 0.1) is 17.4 Å². The van der Waals surface area contributed by atoms with Crippen LogP contribution < -0.4 is 18.5 Å². The molecular weight excluding hydrogens is 378 g/mol. The van der Waals surface area contributed by atoms with Crippen molar-refractivity contribution in [3.05, 3.63) is 48.5 Å². The molecule has 1 fully saturated rings. The molecule has 7 nitrogen and oxygen atoms in total. The Bertz CT molecular complexity index is 981. The molecule has 0 bridgehead atoms. The van der Waals surface area contributed by atoms with Crippen LogP contribution in [-0.4, -0.2) is 51.7 Å². The van der Waals surface area contributed by atoms with Crippen LogP contribution in [0.15, 0.2) is 48.5 Å². The average molecular weight is 401 g/mol. The van der Waals surface area contributed by atoms with E-state index in [0.717, 1.165) is 36.6 Å². The van der Waals surface area contributed by atoms with E-state index >= 15 is 0 Å². The van der Waals surface area contributed by atoms with Crippen molar-refractivity contribution in [2.24, 2.45) is 0 Å². The number of hydrogen-bond donors (Lipinski definition) is 1. The van der Waals surface area contributed by atoms with E-state index < -0.39 is 10.2 Å². The first-order valence-corrected chi connectivity index (χ1v) is 11.1. The fourth-order valence-electron chi connectivity index (χ4n) is 4.29. The Morgan fingerprint density at radius 2 is 1.86 bits per heavy atom. The van der Waals surface area contributed by atoms with Gasteiger partial charge in [0.2, 0.25) is 0 Å². The van der Waals surface area contributed by atoms with Crippen molar-refractivity contribution in [3.8, 4) is 11.5 Å². The highest BCUT2D eigenvalue weighted by molar-refractivity contribution is 7.94. The number of anilines is 2. The number of hydrogen-bond acceptors (Lipinski definition) is 5. The molecule has 28 heavy (non-hydrogen) atoms. The molecule has 2 atom stereocenters. The standard InChI is InChI=1S/C20H23N3O4S/c24-28(25)21-17-7-1-2-8-18(17)23(28)15-6-5-11-22(12-15)13-16-14-26-19-9-3-4-10-20(19)27-16/h1-4,7-10,15-16,21H,5-6,11-14H2. The third-order valence-corrected chi connectivity index (χ3v) is 6.97. The Balaban J connectivity index is 1.30. The maximum atomic E-state index is 12.7. The van der Waals surface area contributed by atoms with Gasteiger partial charge >= 0.3 is 10.2 Å². The van der Waals surface area contributed by atoms with E-state index in [2.05, 4.69) is 9.62 Å². The van der Waals surface area contributed by atoms with Crippen LogP contribution in [0, 0.1) is 0 Å². The van der Waals surface area contributed by atoms with Gasteiger partial charge < -0.3 is 9.47 Å². The Kier molecular flexibility index (Phi) is 4.32. The molecule has 8 heteroatoms. The fraction of sp³-hybridized carbons (Fsp3) is 0.400. The molecular formula is C20H23N3O4S. The first-order valence-electron chi connectivity index (χ1n) is 9.62. The van der Waals surface area contributed by atoms with Gasteiger partial charge in [0.15, 0.2) is 11.5 Å². The van der Waals surface area contributed by atoms with Gasteiger partial charge in [-0.1, -0.05) is 24.3 Å². The van der Waals surface area contributed by atoms with Gasteiger partial charge in [-0.25, -0.2) is 4.31 Å². The number of rotatable bonds is 3. The molecule has 1 saturated heterocycles. The van der Waals surface area contributed by atoms with E-state index in [0.29, 0.717) is 25.4 Å². The molecule has 0 aliphatic carbocycles. The Labute approximate surface area is 165 Å². The van der Waals surface area contributed by atoms with Crippen molar-refractivity contribution in [1.29, 1.82) is 0 Å². The van der Waals surface area contributed by atoms with E-state index in [1.807, 2.05) is 42.5 Å². The molecule has 0 amide bonds. The molecule has 148 valence electrons. The predicted molar refractivity (Wildman–Crippen MR) is 107 cm³/mol. The number of benzene rings is 2. The highest BCUT2D eigenvalue weighted by Crippen LogP contribution is 2.38. The molecule has 0 aromatic heterocycles. The minimum Gasteiger partial charge on any atom is -0.486 e. The molecule has 0 saturated carbocycles. The summed E-state index contributed by atoms with van der Waals surface area (Å²) in [6.45, 7) is 2.83. The zero-order valence-corrected chi connectivity index (χ0v) is 16.3. The van der Waals surface area contributed by atoms with E-state index in [-0.39, 0.29) is 12.1 Å². The second kappa shape index (κ2) is 6.86. The summed E-state index contributed by atoms with van der Waals surface area (Å²) < 4.78 is 41.5. The van der Waals surface area contributed by atoms with Crippen molar-refractivity contribution in [2.75, 3.05) is 35.3 Å². The van der Waals surface area contributed by atoms with Crippen molar-refractivity contribution >= 4 is 21.6 Å². The maximum Gasteiger partial charge on any atom is 0.324 e. The summed E-state index contributed by atoms with van der Waals surface area (Å²) in [5.74, 6) is 1.55. The van der Waals surface area contributed by atoms with Gasteiger partial charge in [0, 0.05) is 13.1 Å². The minimum absolute atomic E-state index is 0.0609. The second-order valence-corrected chi connectivity index (χ2v) is 9.02. The van der Waals surface area contributed by atoms with Gasteiger partial charge in [0.25, 0.3) is 0 Å². The number of nitrogens with one attached hydrogen (secondary N) is 1. The van der Waals surface area contributed by atoms with Crippen molar-refractivity contribution in [3.63, 3.8) is 0 Å². The smallest absolute Gasteiger partial charge is 0.324 e. The van der Waals surface area contributed by atoms with E-state index in [1.165, 1.54) is 0 Å². The van der Waals surface area contributed by atoms with Crippen molar-refractivity contribution in [2.45, 2.75) is 25.0 Å². The number of likely N-dealkylation sites (tertiary alicyclic amines) is 1. The molecule has 1 N–H and O–H groups in total. The molecule has 0 spiro atoms. The highest BCUT2D eigenvalue weighted by Gasteiger charge is 2.39. The minimum atomic E-state index is -3.54. The summed E-state index contributed by atoms with van der Waals surface area (Å²) in [6.07, 6.45) is 1.73. The largest absolute Gasteiger partial charge is 0.486 e. The number of fused-ring (bicyclic) bond motifs is 2. The summed E-state index contributed by atoms with van der Waals surface area (Å²) in [7, 11) is -3.54. The zero-order valence-electron chi connectivity index (χ0n) is 15.5. The molecule has 3 heterocycles. The van der Waals surface area contributed by atoms with Crippen LogP contribution in [0.25, 0.3) is 0 Å². The summed E-state index contributed by atoms with van der Waals surface area (Å²) in [5, 5.41) is 0. The Hall–Kier alpha value is -2.45.